The number of benzene rings is 1. The number of aromatic nitrogens is 3. The molecule has 0 atom stereocenters. The van der Waals surface area contributed by atoms with Gasteiger partial charge in [-0.1, -0.05) is 17.7 Å². The second-order valence-electron chi connectivity index (χ2n) is 4.49. The minimum atomic E-state index is 0.718. The van der Waals surface area contributed by atoms with Crippen molar-refractivity contribution in [3.8, 4) is 0 Å². The number of hydrogen-bond donors (Lipinski definition) is 1. The van der Waals surface area contributed by atoms with Crippen molar-refractivity contribution in [2.24, 2.45) is 4.99 Å². The number of aryl methyl sites for hydroxylation is 1. The minimum absolute atomic E-state index is 0.718. The van der Waals surface area contributed by atoms with Crippen molar-refractivity contribution in [1.82, 2.24) is 15.0 Å². The van der Waals surface area contributed by atoms with Crippen LogP contribution in [0.4, 0.5) is 5.69 Å². The Labute approximate surface area is 111 Å². The van der Waals surface area contributed by atoms with Crippen LogP contribution in [0.15, 0.2) is 47.6 Å². The lowest BCUT2D eigenvalue weighted by Crippen LogP contribution is -1.96. The third-order valence-electron chi connectivity index (χ3n) is 2.93. The smallest absolute Gasteiger partial charge is 0.178 e. The van der Waals surface area contributed by atoms with E-state index in [-0.39, 0.29) is 0 Å². The van der Waals surface area contributed by atoms with Gasteiger partial charge in [-0.3, -0.25) is 0 Å². The molecule has 0 spiro atoms. The number of imidazole rings is 1. The Morgan fingerprint density at radius 2 is 1.95 bits per heavy atom. The van der Waals surface area contributed by atoms with Gasteiger partial charge >= 0.3 is 0 Å². The largest absolute Gasteiger partial charge is 0.336 e. The Bertz CT molecular complexity index is 705. The normalized spacial score (nSPS) is 12.0. The molecule has 4 nitrogen and oxygen atoms in total. The highest BCUT2D eigenvalue weighted by Gasteiger charge is 2.05. The molecule has 2 heterocycles. The molecule has 4 heteroatoms. The zero-order chi connectivity index (χ0) is 13.2. The van der Waals surface area contributed by atoms with Crippen LogP contribution < -0.4 is 0 Å². The van der Waals surface area contributed by atoms with Gasteiger partial charge < -0.3 is 4.98 Å². The lowest BCUT2D eigenvalue weighted by molar-refractivity contribution is 1.25. The van der Waals surface area contributed by atoms with Crippen LogP contribution in [0.5, 0.6) is 0 Å². The molecule has 0 saturated heterocycles. The fourth-order valence-corrected chi connectivity index (χ4v) is 1.88. The van der Waals surface area contributed by atoms with Gasteiger partial charge in [0.2, 0.25) is 0 Å². The minimum Gasteiger partial charge on any atom is -0.336 e. The quantitative estimate of drug-likeness (QED) is 0.708. The molecule has 3 rings (SSSR count). The first-order chi connectivity index (χ1) is 9.22. The lowest BCUT2D eigenvalue weighted by atomic mass is 10.2. The number of aromatic amines is 1. The van der Waals surface area contributed by atoms with Crippen molar-refractivity contribution in [3.63, 3.8) is 0 Å². The van der Waals surface area contributed by atoms with E-state index in [4.69, 9.17) is 0 Å². The standard InChI is InChI=1S/C15H14N4/c1-10-5-7-12(8-6-10)17-11(2)14-18-13-4-3-9-16-15(13)19-14/h3-9H,1-2H3,(H,16,18,19). The van der Waals surface area contributed by atoms with Gasteiger partial charge in [-0.25, -0.2) is 15.0 Å². The molecular formula is C15H14N4. The summed E-state index contributed by atoms with van der Waals surface area (Å²) >= 11 is 0. The van der Waals surface area contributed by atoms with Crippen LogP contribution >= 0.6 is 0 Å². The molecule has 19 heavy (non-hydrogen) atoms. The highest BCUT2D eigenvalue weighted by atomic mass is 15.0. The molecule has 0 amide bonds. The van der Waals surface area contributed by atoms with Crippen LogP contribution in [0.3, 0.4) is 0 Å². The summed E-state index contributed by atoms with van der Waals surface area (Å²) in [5.41, 5.74) is 4.65. The van der Waals surface area contributed by atoms with E-state index in [2.05, 4.69) is 26.9 Å². The van der Waals surface area contributed by atoms with Gasteiger partial charge in [0.25, 0.3) is 0 Å². The van der Waals surface area contributed by atoms with E-state index in [1.807, 2.05) is 43.3 Å². The topological polar surface area (TPSA) is 53.9 Å². The number of hydrogen-bond acceptors (Lipinski definition) is 3. The van der Waals surface area contributed by atoms with Crippen LogP contribution in [-0.2, 0) is 0 Å². The van der Waals surface area contributed by atoms with E-state index in [0.717, 1.165) is 28.4 Å². The van der Waals surface area contributed by atoms with Crippen molar-refractivity contribution >= 4 is 22.6 Å². The van der Waals surface area contributed by atoms with Gasteiger partial charge in [0.05, 0.1) is 16.9 Å². The molecule has 1 aromatic carbocycles. The van der Waals surface area contributed by atoms with Crippen molar-refractivity contribution in [2.75, 3.05) is 0 Å². The van der Waals surface area contributed by atoms with E-state index in [9.17, 15) is 0 Å². The monoisotopic (exact) mass is 250 g/mol. The molecule has 0 bridgehead atoms. The Morgan fingerprint density at radius 3 is 2.68 bits per heavy atom. The Balaban J connectivity index is 1.98. The average molecular weight is 250 g/mol. The second kappa shape index (κ2) is 4.65. The van der Waals surface area contributed by atoms with Crippen molar-refractivity contribution < 1.29 is 0 Å². The molecule has 0 saturated carbocycles. The average Bonchev–Trinajstić information content (AvgIpc) is 2.85. The molecule has 0 radical (unpaired) electrons. The number of nitrogens with zero attached hydrogens (tertiary/aromatic N) is 3. The van der Waals surface area contributed by atoms with Gasteiger partial charge in [0.1, 0.15) is 0 Å². The summed E-state index contributed by atoms with van der Waals surface area (Å²) < 4.78 is 0. The van der Waals surface area contributed by atoms with E-state index < -0.39 is 0 Å². The van der Waals surface area contributed by atoms with Crippen LogP contribution in [0.25, 0.3) is 11.2 Å². The summed E-state index contributed by atoms with van der Waals surface area (Å²) in [4.78, 5) is 16.4. The van der Waals surface area contributed by atoms with Crippen molar-refractivity contribution in [1.29, 1.82) is 0 Å². The van der Waals surface area contributed by atoms with Gasteiger partial charge in [-0.15, -0.1) is 0 Å². The molecule has 0 aliphatic rings. The third kappa shape index (κ3) is 2.38. The molecule has 2 aromatic heterocycles. The molecule has 0 aliphatic carbocycles. The zero-order valence-electron chi connectivity index (χ0n) is 10.9. The number of rotatable bonds is 2. The van der Waals surface area contributed by atoms with Crippen LogP contribution in [-0.4, -0.2) is 20.7 Å². The van der Waals surface area contributed by atoms with Crippen LogP contribution in [0.2, 0.25) is 0 Å². The fourth-order valence-electron chi connectivity index (χ4n) is 1.88. The Hall–Kier alpha value is -2.49. The highest BCUT2D eigenvalue weighted by Crippen LogP contribution is 2.15. The van der Waals surface area contributed by atoms with Gasteiger partial charge in [-0.05, 0) is 38.1 Å². The second-order valence-corrected chi connectivity index (χ2v) is 4.49. The number of aliphatic imine (C=N–C) groups is 1. The summed E-state index contributed by atoms with van der Waals surface area (Å²) in [5.74, 6) is 0.759. The summed E-state index contributed by atoms with van der Waals surface area (Å²) in [6.07, 6.45) is 1.74. The molecule has 0 fully saturated rings. The first-order valence-corrected chi connectivity index (χ1v) is 6.15. The molecular weight excluding hydrogens is 236 g/mol. The van der Waals surface area contributed by atoms with Gasteiger partial charge in [0.15, 0.2) is 11.5 Å². The van der Waals surface area contributed by atoms with Crippen molar-refractivity contribution in [2.45, 2.75) is 13.8 Å². The first-order valence-electron chi connectivity index (χ1n) is 6.15. The van der Waals surface area contributed by atoms with E-state index in [1.165, 1.54) is 5.56 Å². The zero-order valence-corrected chi connectivity index (χ0v) is 10.9. The van der Waals surface area contributed by atoms with Crippen LogP contribution in [0.1, 0.15) is 18.3 Å². The number of H-pyrrole nitrogens is 1. The third-order valence-corrected chi connectivity index (χ3v) is 2.93. The number of fused-ring (bicyclic) bond motifs is 1. The fraction of sp³-hybridized carbons (Fsp3) is 0.133. The molecule has 1 N–H and O–H groups in total. The summed E-state index contributed by atoms with van der Waals surface area (Å²) in [6, 6.07) is 11.9. The van der Waals surface area contributed by atoms with Gasteiger partial charge in [0, 0.05) is 6.20 Å². The van der Waals surface area contributed by atoms with Crippen molar-refractivity contribution in [3.05, 3.63) is 54.0 Å². The molecule has 3 aromatic rings. The summed E-state index contributed by atoms with van der Waals surface area (Å²) in [7, 11) is 0. The Morgan fingerprint density at radius 1 is 1.16 bits per heavy atom. The first kappa shape index (κ1) is 11.6. The highest BCUT2D eigenvalue weighted by molar-refractivity contribution is 5.99. The van der Waals surface area contributed by atoms with Crippen LogP contribution in [0, 0.1) is 6.92 Å². The number of nitrogens with one attached hydrogen (secondary N) is 1. The number of pyridine rings is 1. The predicted molar refractivity (Wildman–Crippen MR) is 76.9 cm³/mol. The van der Waals surface area contributed by atoms with E-state index >= 15 is 0 Å². The maximum Gasteiger partial charge on any atom is 0.178 e. The maximum atomic E-state index is 4.56. The Kier molecular flexibility index (Phi) is 2.83. The molecule has 94 valence electrons. The maximum absolute atomic E-state index is 4.56. The molecule has 0 unspecified atom stereocenters. The molecule has 0 aliphatic heterocycles. The van der Waals surface area contributed by atoms with Gasteiger partial charge in [-0.2, -0.15) is 0 Å². The van der Waals surface area contributed by atoms with E-state index in [1.54, 1.807) is 6.20 Å². The predicted octanol–water partition coefficient (Wildman–Crippen LogP) is 3.41. The summed E-state index contributed by atoms with van der Waals surface area (Å²) in [6.45, 7) is 4.00. The SMILES string of the molecule is CC(=Nc1ccc(C)cc1)c1nc2ncccc2[nH]1. The summed E-state index contributed by atoms with van der Waals surface area (Å²) in [5, 5.41) is 0. The lowest BCUT2D eigenvalue weighted by Gasteiger charge is -1.97. The van der Waals surface area contributed by atoms with E-state index in [0.29, 0.717) is 0 Å².